The quantitative estimate of drug-likeness (QED) is 0.715. The largest absolute Gasteiger partial charge is 0.670 e. The van der Waals surface area contributed by atoms with Crippen LogP contribution in [0.25, 0.3) is 10.9 Å². The molecule has 0 atom stereocenters. The average Bonchev–Trinajstić information content (AvgIpc) is 2.56. The van der Waals surface area contributed by atoms with Crippen LogP contribution in [0.3, 0.4) is 0 Å². The van der Waals surface area contributed by atoms with Gasteiger partial charge in [0.25, 0.3) is 5.17 Å². The highest BCUT2D eigenvalue weighted by atomic mass is 35.5. The Morgan fingerprint density at radius 3 is 2.20 bits per heavy atom. The Labute approximate surface area is 122 Å². The van der Waals surface area contributed by atoms with Crippen molar-refractivity contribution in [1.82, 2.24) is 0 Å². The van der Waals surface area contributed by atoms with E-state index in [1.54, 1.807) is 12.4 Å². The maximum atomic E-state index is 6.40. The van der Waals surface area contributed by atoms with Gasteiger partial charge in [0.05, 0.1) is 5.56 Å². The molecule has 0 spiro atoms. The first-order valence-corrected chi connectivity index (χ1v) is 6.72. The van der Waals surface area contributed by atoms with Gasteiger partial charge >= 0.3 is 0 Å². The summed E-state index contributed by atoms with van der Waals surface area (Å²) in [5.41, 5.74) is 2.14. The molecule has 0 bridgehead atoms. The summed E-state index contributed by atoms with van der Waals surface area (Å²) in [4.78, 5) is 0. The minimum absolute atomic E-state index is 0.687. The SMILES string of the molecule is ClC(c1ccccc1)=[n+]1ccc(=C2C=C[N-]C=C2)cc1. The highest BCUT2D eigenvalue weighted by Crippen LogP contribution is 2.09. The van der Waals surface area contributed by atoms with Crippen LogP contribution >= 0.6 is 11.6 Å². The van der Waals surface area contributed by atoms with Gasteiger partial charge in [-0.2, -0.15) is 16.6 Å². The highest BCUT2D eigenvalue weighted by Gasteiger charge is 2.06. The zero-order valence-electron chi connectivity index (χ0n) is 10.8. The molecule has 2 heterocycles. The van der Waals surface area contributed by atoms with E-state index in [0.29, 0.717) is 5.17 Å². The summed E-state index contributed by atoms with van der Waals surface area (Å²) in [5, 5.41) is 5.85. The third-order valence-corrected chi connectivity index (χ3v) is 3.50. The number of allylic oxidation sites excluding steroid dienone is 2. The van der Waals surface area contributed by atoms with Crippen molar-refractivity contribution in [1.29, 1.82) is 0 Å². The van der Waals surface area contributed by atoms with Gasteiger partial charge in [-0.15, -0.1) is 0 Å². The molecule has 98 valence electrons. The summed E-state index contributed by atoms with van der Waals surface area (Å²) in [6.45, 7) is 0. The van der Waals surface area contributed by atoms with Gasteiger partial charge in [0.2, 0.25) is 0 Å². The van der Waals surface area contributed by atoms with Crippen molar-refractivity contribution in [2.75, 3.05) is 0 Å². The van der Waals surface area contributed by atoms with Crippen molar-refractivity contribution in [3.05, 3.63) is 101 Å². The van der Waals surface area contributed by atoms with Gasteiger partial charge in [0, 0.05) is 12.1 Å². The normalized spacial score (nSPS) is 13.2. The Kier molecular flexibility index (Phi) is 3.66. The summed E-state index contributed by atoms with van der Waals surface area (Å²) in [7, 11) is 0. The Balaban J connectivity index is 2.08. The Morgan fingerprint density at radius 2 is 1.55 bits per heavy atom. The molecule has 0 aliphatic carbocycles. The Bertz CT molecular complexity index is 752. The third-order valence-electron chi connectivity index (χ3n) is 3.08. The fourth-order valence-corrected chi connectivity index (χ4v) is 2.26. The first-order chi connectivity index (χ1) is 9.84. The van der Waals surface area contributed by atoms with E-state index in [4.69, 9.17) is 11.6 Å². The summed E-state index contributed by atoms with van der Waals surface area (Å²) in [5.74, 6) is 0. The molecule has 2 nitrogen and oxygen atoms in total. The zero-order chi connectivity index (χ0) is 13.8. The van der Waals surface area contributed by atoms with Crippen LogP contribution in [-0.2, 0) is 0 Å². The van der Waals surface area contributed by atoms with Crippen molar-refractivity contribution in [2.24, 2.45) is 0 Å². The van der Waals surface area contributed by atoms with Crippen LogP contribution in [0.2, 0.25) is 0 Å². The summed E-state index contributed by atoms with van der Waals surface area (Å²) in [6, 6.07) is 14.0. The van der Waals surface area contributed by atoms with Gasteiger partial charge in [0.15, 0.2) is 12.4 Å². The molecule has 1 aromatic heterocycles. The molecule has 0 fully saturated rings. The van der Waals surface area contributed by atoms with Crippen LogP contribution in [0.5, 0.6) is 0 Å². The number of halogens is 1. The molecule has 0 saturated heterocycles. The van der Waals surface area contributed by atoms with E-state index >= 15 is 0 Å². The number of hydrogen-bond acceptors (Lipinski definition) is 0. The Morgan fingerprint density at radius 1 is 0.900 bits per heavy atom. The average molecular weight is 281 g/mol. The molecule has 0 saturated carbocycles. The number of pyridine rings is 1. The van der Waals surface area contributed by atoms with E-state index in [0.717, 1.165) is 16.4 Å². The second-order valence-corrected chi connectivity index (χ2v) is 4.74. The van der Waals surface area contributed by atoms with Crippen molar-refractivity contribution in [2.45, 2.75) is 0 Å². The van der Waals surface area contributed by atoms with E-state index in [2.05, 4.69) is 5.32 Å². The monoisotopic (exact) mass is 280 g/mol. The van der Waals surface area contributed by atoms with Gasteiger partial charge in [-0.3, -0.25) is 0 Å². The minimum atomic E-state index is 0.687. The zero-order valence-corrected chi connectivity index (χ0v) is 11.5. The standard InChI is InChI=1S/C17H13ClN2/c18-17(16-4-2-1-3-5-16)20-12-8-15(9-13-20)14-6-10-19-11-7-14/h1-13H. The van der Waals surface area contributed by atoms with E-state index < -0.39 is 0 Å². The topological polar surface area (TPSA) is 20.0 Å². The van der Waals surface area contributed by atoms with Crippen LogP contribution in [0.1, 0.15) is 5.56 Å². The molecule has 3 heteroatoms. The molecule has 3 rings (SSSR count). The molecular weight excluding hydrogens is 268 g/mol. The second kappa shape index (κ2) is 5.76. The molecule has 1 aliphatic heterocycles. The molecule has 2 aromatic rings. The molecular formula is C17H13ClN2. The lowest BCUT2D eigenvalue weighted by Gasteiger charge is -2.12. The van der Waals surface area contributed by atoms with Gasteiger partial charge < -0.3 is 5.32 Å². The summed E-state index contributed by atoms with van der Waals surface area (Å²) in [6.07, 6.45) is 11.5. The maximum absolute atomic E-state index is 6.40. The predicted octanol–water partition coefficient (Wildman–Crippen LogP) is 3.16. The van der Waals surface area contributed by atoms with Gasteiger partial charge in [-0.1, -0.05) is 30.4 Å². The van der Waals surface area contributed by atoms with Crippen LogP contribution in [0, 0.1) is 5.17 Å². The van der Waals surface area contributed by atoms with E-state index in [1.165, 1.54) is 0 Å². The van der Waals surface area contributed by atoms with E-state index in [1.807, 2.05) is 71.3 Å². The van der Waals surface area contributed by atoms with Crippen LogP contribution in [-0.4, -0.2) is 0 Å². The minimum Gasteiger partial charge on any atom is -0.670 e. The number of hydrogen-bond donors (Lipinski definition) is 0. The van der Waals surface area contributed by atoms with Gasteiger partial charge in [-0.25, -0.2) is 0 Å². The number of aromatic nitrogens is 1. The van der Waals surface area contributed by atoms with E-state index in [-0.39, 0.29) is 0 Å². The molecule has 0 N–H and O–H groups in total. The first kappa shape index (κ1) is 12.7. The van der Waals surface area contributed by atoms with Crippen LogP contribution in [0.4, 0.5) is 0 Å². The van der Waals surface area contributed by atoms with Crippen molar-refractivity contribution < 1.29 is 4.24 Å². The molecule has 0 unspecified atom stereocenters. The smallest absolute Gasteiger partial charge is 0.287 e. The van der Waals surface area contributed by atoms with Crippen LogP contribution < -0.4 is 9.46 Å². The Hall–Kier alpha value is -2.32. The lowest BCUT2D eigenvalue weighted by Crippen LogP contribution is -2.22. The molecule has 20 heavy (non-hydrogen) atoms. The first-order valence-electron chi connectivity index (χ1n) is 6.34. The molecule has 0 amide bonds. The lowest BCUT2D eigenvalue weighted by molar-refractivity contribution is -0.513. The van der Waals surface area contributed by atoms with Crippen molar-refractivity contribution in [3.8, 4) is 0 Å². The summed E-state index contributed by atoms with van der Waals surface area (Å²) >= 11 is 6.40. The van der Waals surface area contributed by atoms with E-state index in [9.17, 15) is 0 Å². The third kappa shape index (κ3) is 2.65. The molecule has 1 aliphatic rings. The summed E-state index contributed by atoms with van der Waals surface area (Å²) < 4.78 is 1.90. The lowest BCUT2D eigenvalue weighted by atomic mass is 10.1. The van der Waals surface area contributed by atoms with Crippen LogP contribution in [0.15, 0.2) is 79.4 Å². The number of rotatable bonds is 1. The fraction of sp³-hybridized carbons (Fsp3) is 0. The maximum Gasteiger partial charge on any atom is 0.287 e. The predicted molar refractivity (Wildman–Crippen MR) is 81.3 cm³/mol. The second-order valence-electron chi connectivity index (χ2n) is 4.39. The van der Waals surface area contributed by atoms with Gasteiger partial charge in [0.1, 0.15) is 0 Å². The molecule has 1 aromatic carbocycles. The highest BCUT2D eigenvalue weighted by molar-refractivity contribution is 6.26. The van der Waals surface area contributed by atoms with Gasteiger partial charge in [-0.05, 0) is 34.5 Å². The van der Waals surface area contributed by atoms with Crippen molar-refractivity contribution >= 4 is 17.2 Å². The molecule has 0 radical (unpaired) electrons. The number of nitrogens with zero attached hydrogens (tertiary/aromatic N) is 2. The number of benzene rings is 1. The fourth-order valence-electron chi connectivity index (χ4n) is 2.02. The van der Waals surface area contributed by atoms with Crippen molar-refractivity contribution in [3.63, 3.8) is 0 Å².